The Morgan fingerprint density at radius 1 is 1.24 bits per heavy atom. The van der Waals surface area contributed by atoms with Gasteiger partial charge >= 0.3 is 6.18 Å². The molecule has 0 amide bonds. The van der Waals surface area contributed by atoms with Crippen LogP contribution >= 0.6 is 0 Å². The van der Waals surface area contributed by atoms with E-state index in [1.165, 1.54) is 0 Å². The van der Waals surface area contributed by atoms with Crippen molar-refractivity contribution < 1.29 is 22.6 Å². The Labute approximate surface area is 144 Å². The monoisotopic (exact) mass is 355 g/mol. The van der Waals surface area contributed by atoms with Crippen molar-refractivity contribution in [1.29, 1.82) is 0 Å². The van der Waals surface area contributed by atoms with Gasteiger partial charge in [-0.1, -0.05) is 6.07 Å². The first-order valence-electron chi connectivity index (χ1n) is 7.79. The second-order valence-electron chi connectivity index (χ2n) is 5.54. The highest BCUT2D eigenvalue weighted by atomic mass is 19.4. The molecule has 0 spiro atoms. The second-order valence-corrected chi connectivity index (χ2v) is 5.54. The van der Waals surface area contributed by atoms with Crippen molar-refractivity contribution in [2.75, 3.05) is 18.6 Å². The minimum atomic E-state index is -4.58. The first-order chi connectivity index (χ1) is 11.7. The summed E-state index contributed by atoms with van der Waals surface area (Å²) in [5, 5.41) is 0. The first-order valence-corrected chi connectivity index (χ1v) is 7.79. The summed E-state index contributed by atoms with van der Waals surface area (Å²) < 4.78 is 49.7. The number of halogens is 3. The van der Waals surface area contributed by atoms with E-state index in [4.69, 9.17) is 9.47 Å². The van der Waals surface area contributed by atoms with E-state index in [1.807, 2.05) is 13.8 Å². The number of hydrogen-bond acceptors (Lipinski definition) is 5. The zero-order valence-electron chi connectivity index (χ0n) is 14.5. The molecule has 25 heavy (non-hydrogen) atoms. The number of alkyl halides is 3. The van der Waals surface area contributed by atoms with Gasteiger partial charge in [-0.15, -0.1) is 0 Å². The molecule has 2 rings (SSSR count). The van der Waals surface area contributed by atoms with Crippen LogP contribution in [0.15, 0.2) is 30.5 Å². The third-order valence-electron chi connectivity index (χ3n) is 3.20. The number of nitrogens with zero attached hydrogens (tertiary/aromatic N) is 3. The van der Waals surface area contributed by atoms with Gasteiger partial charge in [0.15, 0.2) is 0 Å². The largest absolute Gasteiger partial charge is 0.491 e. The molecule has 0 unspecified atom stereocenters. The summed E-state index contributed by atoms with van der Waals surface area (Å²) in [4.78, 5) is 9.32. The number of anilines is 2. The van der Waals surface area contributed by atoms with Crippen LogP contribution in [0.4, 0.5) is 24.8 Å². The number of aromatic nitrogens is 2. The van der Waals surface area contributed by atoms with E-state index in [9.17, 15) is 13.2 Å². The number of benzene rings is 1. The highest BCUT2D eigenvalue weighted by molar-refractivity contribution is 5.59. The Bertz CT molecular complexity index is 721. The Kier molecular flexibility index (Phi) is 5.71. The quantitative estimate of drug-likeness (QED) is 0.766. The van der Waals surface area contributed by atoms with Crippen LogP contribution in [0.3, 0.4) is 0 Å². The van der Waals surface area contributed by atoms with E-state index < -0.39 is 17.6 Å². The van der Waals surface area contributed by atoms with Crippen LogP contribution in [-0.2, 0) is 6.18 Å². The molecule has 2 aromatic rings. The second kappa shape index (κ2) is 7.58. The van der Waals surface area contributed by atoms with Gasteiger partial charge in [-0.05, 0) is 32.9 Å². The first kappa shape index (κ1) is 18.8. The molecule has 0 N–H and O–H groups in total. The highest BCUT2D eigenvalue weighted by Gasteiger charge is 2.36. The van der Waals surface area contributed by atoms with E-state index in [-0.39, 0.29) is 18.7 Å². The van der Waals surface area contributed by atoms with Crippen molar-refractivity contribution in [2.45, 2.75) is 33.1 Å². The fourth-order valence-electron chi connectivity index (χ4n) is 2.11. The molecular formula is C17H20F3N3O2. The standard InChI is InChI=1S/C17H20F3N3O2/c1-5-24-15-14(17(18,19)20)10-21-16(22-15)23(4)12-7-6-8-13(9-12)25-11(2)3/h6-11H,5H2,1-4H3. The number of hydrogen-bond donors (Lipinski definition) is 0. The summed E-state index contributed by atoms with van der Waals surface area (Å²) >= 11 is 0. The van der Waals surface area contributed by atoms with Gasteiger partial charge in [0.2, 0.25) is 11.8 Å². The molecule has 0 aliphatic heterocycles. The lowest BCUT2D eigenvalue weighted by Crippen LogP contribution is -2.17. The Morgan fingerprint density at radius 3 is 2.56 bits per heavy atom. The third-order valence-corrected chi connectivity index (χ3v) is 3.20. The van der Waals surface area contributed by atoms with Crippen molar-refractivity contribution in [1.82, 2.24) is 9.97 Å². The Hall–Kier alpha value is -2.51. The molecule has 0 saturated carbocycles. The van der Waals surface area contributed by atoms with Gasteiger partial charge in [-0.25, -0.2) is 4.98 Å². The average Bonchev–Trinajstić information content (AvgIpc) is 2.53. The summed E-state index contributed by atoms with van der Waals surface area (Å²) in [5.41, 5.74) is -0.316. The normalized spacial score (nSPS) is 11.5. The van der Waals surface area contributed by atoms with Crippen LogP contribution in [0.25, 0.3) is 0 Å². The predicted octanol–water partition coefficient (Wildman–Crippen LogP) is 4.45. The van der Waals surface area contributed by atoms with Crippen LogP contribution in [-0.4, -0.2) is 29.7 Å². The molecule has 0 atom stereocenters. The van der Waals surface area contributed by atoms with Crippen LogP contribution in [0.2, 0.25) is 0 Å². The molecule has 1 aromatic carbocycles. The molecule has 0 bridgehead atoms. The van der Waals surface area contributed by atoms with Crippen molar-refractivity contribution in [2.24, 2.45) is 0 Å². The third kappa shape index (κ3) is 4.74. The fourth-order valence-corrected chi connectivity index (χ4v) is 2.11. The SMILES string of the molecule is CCOc1nc(N(C)c2cccc(OC(C)C)c2)ncc1C(F)(F)F. The predicted molar refractivity (Wildman–Crippen MR) is 88.5 cm³/mol. The van der Waals surface area contributed by atoms with Crippen molar-refractivity contribution in [3.63, 3.8) is 0 Å². The zero-order valence-corrected chi connectivity index (χ0v) is 14.5. The van der Waals surface area contributed by atoms with E-state index in [2.05, 4.69) is 9.97 Å². The number of rotatable bonds is 6. The van der Waals surface area contributed by atoms with Gasteiger partial charge in [0, 0.05) is 25.0 Å². The molecule has 0 aliphatic carbocycles. The summed E-state index contributed by atoms with van der Waals surface area (Å²) in [5.74, 6) is 0.260. The minimum absolute atomic E-state index is 0.00688. The maximum absolute atomic E-state index is 13.0. The van der Waals surface area contributed by atoms with E-state index in [0.717, 1.165) is 6.20 Å². The Balaban J connectivity index is 2.36. The molecule has 1 aromatic heterocycles. The van der Waals surface area contributed by atoms with Crippen molar-refractivity contribution in [3.8, 4) is 11.6 Å². The Morgan fingerprint density at radius 2 is 1.96 bits per heavy atom. The maximum atomic E-state index is 13.0. The molecule has 0 aliphatic rings. The molecule has 0 fully saturated rings. The van der Waals surface area contributed by atoms with E-state index in [1.54, 1.807) is 43.1 Å². The molecular weight excluding hydrogens is 335 g/mol. The molecule has 0 radical (unpaired) electrons. The summed E-state index contributed by atoms with van der Waals surface area (Å²) in [6.45, 7) is 5.48. The zero-order chi connectivity index (χ0) is 18.6. The van der Waals surface area contributed by atoms with Gasteiger partial charge < -0.3 is 14.4 Å². The molecule has 1 heterocycles. The van der Waals surface area contributed by atoms with E-state index in [0.29, 0.717) is 11.4 Å². The number of ether oxygens (including phenoxy) is 2. The summed E-state index contributed by atoms with van der Waals surface area (Å²) in [6.07, 6.45) is -3.84. The van der Waals surface area contributed by atoms with Crippen LogP contribution < -0.4 is 14.4 Å². The van der Waals surface area contributed by atoms with E-state index >= 15 is 0 Å². The van der Waals surface area contributed by atoms with Crippen molar-refractivity contribution in [3.05, 3.63) is 36.0 Å². The van der Waals surface area contributed by atoms with Crippen LogP contribution in [0, 0.1) is 0 Å². The molecule has 136 valence electrons. The smallest absolute Gasteiger partial charge is 0.423 e. The minimum Gasteiger partial charge on any atom is -0.491 e. The molecule has 8 heteroatoms. The molecule has 5 nitrogen and oxygen atoms in total. The highest BCUT2D eigenvalue weighted by Crippen LogP contribution is 2.36. The van der Waals surface area contributed by atoms with Gasteiger partial charge in [-0.3, -0.25) is 0 Å². The lowest BCUT2D eigenvalue weighted by molar-refractivity contribution is -0.139. The molecule has 0 saturated heterocycles. The van der Waals surface area contributed by atoms with Gasteiger partial charge in [0.25, 0.3) is 0 Å². The van der Waals surface area contributed by atoms with Crippen molar-refractivity contribution >= 4 is 11.6 Å². The summed E-state index contributed by atoms with van der Waals surface area (Å²) in [6, 6.07) is 7.14. The van der Waals surface area contributed by atoms with Crippen LogP contribution in [0.1, 0.15) is 26.3 Å². The van der Waals surface area contributed by atoms with Crippen LogP contribution in [0.5, 0.6) is 11.6 Å². The van der Waals surface area contributed by atoms with Gasteiger partial charge in [0.1, 0.15) is 11.3 Å². The lowest BCUT2D eigenvalue weighted by Gasteiger charge is -2.20. The lowest BCUT2D eigenvalue weighted by atomic mass is 10.2. The fraction of sp³-hybridized carbons (Fsp3) is 0.412. The van der Waals surface area contributed by atoms with Gasteiger partial charge in [0.05, 0.1) is 12.7 Å². The van der Waals surface area contributed by atoms with Gasteiger partial charge in [-0.2, -0.15) is 18.2 Å². The summed E-state index contributed by atoms with van der Waals surface area (Å²) in [7, 11) is 1.66. The average molecular weight is 355 g/mol. The topological polar surface area (TPSA) is 47.5 Å². The maximum Gasteiger partial charge on any atom is 0.423 e.